The van der Waals surface area contributed by atoms with E-state index in [-0.39, 0.29) is 23.8 Å². The van der Waals surface area contributed by atoms with E-state index in [0.29, 0.717) is 56.1 Å². The third-order valence-electron chi connectivity index (χ3n) is 11.3. The third-order valence-corrected chi connectivity index (χ3v) is 12.2. The van der Waals surface area contributed by atoms with Crippen LogP contribution in [0.5, 0.6) is 0 Å². The molecule has 2 unspecified atom stereocenters. The van der Waals surface area contributed by atoms with Gasteiger partial charge in [0.05, 0.1) is 24.4 Å². The topological polar surface area (TPSA) is 58.9 Å². The summed E-state index contributed by atoms with van der Waals surface area (Å²) >= 11 is 3.78. The van der Waals surface area contributed by atoms with Crippen LogP contribution >= 0.6 is 15.9 Å². The van der Waals surface area contributed by atoms with Crippen molar-refractivity contribution in [1.29, 1.82) is 0 Å². The number of rotatable bonds is 2. The molecule has 6 aliphatic rings. The molecule has 1 spiro atoms. The molecule has 5 fully saturated rings. The largest absolute Gasteiger partial charge is 0.409 e. The van der Waals surface area contributed by atoms with Crippen LogP contribution in [0.25, 0.3) is 0 Å². The van der Waals surface area contributed by atoms with Gasteiger partial charge in [-0.15, -0.1) is 0 Å². The first-order valence-electron chi connectivity index (χ1n) is 14.2. The van der Waals surface area contributed by atoms with Crippen LogP contribution < -0.4 is 0 Å². The lowest BCUT2D eigenvalue weighted by Crippen LogP contribution is -2.56. The highest BCUT2D eigenvalue weighted by Gasteiger charge is 2.64. The van der Waals surface area contributed by atoms with E-state index in [9.17, 15) is 23.4 Å². The van der Waals surface area contributed by atoms with Gasteiger partial charge in [-0.05, 0) is 99.5 Å². The second-order valence-electron chi connectivity index (χ2n) is 13.1. The normalized spacial score (nSPS) is 47.8. The Hall–Kier alpha value is -0.410. The molecule has 37 heavy (non-hydrogen) atoms. The van der Waals surface area contributed by atoms with Crippen LogP contribution in [-0.4, -0.2) is 51.4 Å². The highest BCUT2D eigenvalue weighted by Crippen LogP contribution is 2.68. The molecule has 0 bridgehead atoms. The zero-order chi connectivity index (χ0) is 26.3. The number of allylic oxidation sites excluding steroid dienone is 2. The zero-order valence-corrected chi connectivity index (χ0v) is 23.2. The van der Waals surface area contributed by atoms with Crippen LogP contribution in [0.15, 0.2) is 23.3 Å². The lowest BCUT2D eigenvalue weighted by atomic mass is 9.48. The maximum Gasteiger partial charge on any atom is 0.409 e. The fraction of sp³-hybridized carbons (Fsp3) is 0.862. The number of hydrogen-bond donors (Lipinski definition) is 2. The lowest BCUT2D eigenvalue weighted by molar-refractivity contribution is -0.209. The van der Waals surface area contributed by atoms with Crippen molar-refractivity contribution in [2.24, 2.45) is 29.1 Å². The Labute approximate surface area is 226 Å². The van der Waals surface area contributed by atoms with Crippen LogP contribution in [0.2, 0.25) is 0 Å². The Morgan fingerprint density at radius 2 is 1.65 bits per heavy atom. The molecule has 0 amide bonds. The van der Waals surface area contributed by atoms with E-state index in [1.54, 1.807) is 0 Å². The molecule has 0 aromatic rings. The minimum Gasteiger partial charge on any atom is -0.385 e. The summed E-state index contributed by atoms with van der Waals surface area (Å²) in [6.45, 7) is 3.17. The molecular formula is C29H40BrF3O4. The molecule has 4 saturated carbocycles. The Balaban J connectivity index is 1.41. The minimum atomic E-state index is -4.44. The van der Waals surface area contributed by atoms with Crippen molar-refractivity contribution in [3.8, 4) is 0 Å². The number of hydrogen-bond acceptors (Lipinski definition) is 4. The first kappa shape index (κ1) is 26.8. The first-order valence-corrected chi connectivity index (χ1v) is 15.2. The molecule has 2 N–H and O–H groups in total. The molecule has 6 atom stereocenters. The molecule has 0 aromatic heterocycles. The van der Waals surface area contributed by atoms with E-state index < -0.39 is 28.6 Å². The van der Waals surface area contributed by atoms with Gasteiger partial charge < -0.3 is 19.7 Å². The fourth-order valence-electron chi connectivity index (χ4n) is 9.52. The third kappa shape index (κ3) is 4.39. The van der Waals surface area contributed by atoms with Gasteiger partial charge in [0.1, 0.15) is 0 Å². The quantitative estimate of drug-likeness (QED) is 0.282. The van der Waals surface area contributed by atoms with Gasteiger partial charge in [-0.3, -0.25) is 0 Å². The van der Waals surface area contributed by atoms with Crippen molar-refractivity contribution in [3.63, 3.8) is 0 Å². The van der Waals surface area contributed by atoms with Crippen LogP contribution in [0, 0.1) is 29.1 Å². The van der Waals surface area contributed by atoms with E-state index in [2.05, 4.69) is 15.9 Å². The molecule has 1 heterocycles. The van der Waals surface area contributed by atoms with E-state index in [1.165, 1.54) is 11.1 Å². The number of halogens is 4. The van der Waals surface area contributed by atoms with Crippen LogP contribution in [0.3, 0.4) is 0 Å². The fourth-order valence-corrected chi connectivity index (χ4v) is 10.1. The minimum absolute atomic E-state index is 0.112. The standard InChI is InChI=1S/C29H40BrF3O4/c1-25-16-21(18-2-4-19(30)5-3-18)24-20(22(25)7-10-27(25,35)12-13-29(31,32)33)6-9-26(34)17-28(11-8-23(24)26)36-14-15-37-28/h12-13,18-22,34-35H,2-11,14-17H2,1H3/b13-12+/t18?,19?,20?,21-,22?,25+,26-,27-/m1/s1. The average Bonchev–Trinajstić information content (AvgIpc) is 3.38. The van der Waals surface area contributed by atoms with Crippen LogP contribution in [-0.2, 0) is 9.47 Å². The molecule has 8 heteroatoms. The summed E-state index contributed by atoms with van der Waals surface area (Å²) < 4.78 is 51.6. The highest BCUT2D eigenvalue weighted by molar-refractivity contribution is 9.09. The number of fused-ring (bicyclic) bond motifs is 4. The van der Waals surface area contributed by atoms with Crippen molar-refractivity contribution in [1.82, 2.24) is 0 Å². The van der Waals surface area contributed by atoms with Gasteiger partial charge in [-0.2, -0.15) is 13.2 Å². The Bertz CT molecular complexity index is 967. The molecule has 5 aliphatic carbocycles. The summed E-state index contributed by atoms with van der Waals surface area (Å²) in [6, 6.07) is 0. The summed E-state index contributed by atoms with van der Waals surface area (Å²) in [5.74, 6) is 0.227. The SMILES string of the molecule is C[C@]12C[C@H](C3CCC(Br)CC3)C3=C4CCC5(C[C@]4(O)CCC3C1CC[C@@]2(O)/C=C/C(F)(F)F)OCCO5. The maximum absolute atomic E-state index is 13.2. The summed E-state index contributed by atoms with van der Waals surface area (Å²) in [7, 11) is 0. The Morgan fingerprint density at radius 1 is 0.946 bits per heavy atom. The molecule has 4 nitrogen and oxygen atoms in total. The van der Waals surface area contributed by atoms with Crippen molar-refractivity contribution in [3.05, 3.63) is 23.3 Å². The molecular weight excluding hydrogens is 549 g/mol. The molecule has 1 saturated heterocycles. The molecule has 1 aliphatic heterocycles. The molecule has 0 aromatic carbocycles. The predicted octanol–water partition coefficient (Wildman–Crippen LogP) is 6.59. The van der Waals surface area contributed by atoms with Gasteiger partial charge in [-0.1, -0.05) is 28.4 Å². The molecule has 208 valence electrons. The smallest absolute Gasteiger partial charge is 0.385 e. The van der Waals surface area contributed by atoms with Gasteiger partial charge in [-0.25, -0.2) is 0 Å². The first-order chi connectivity index (χ1) is 17.4. The zero-order valence-electron chi connectivity index (χ0n) is 21.7. The number of alkyl halides is 4. The number of ether oxygens (including phenoxy) is 2. The van der Waals surface area contributed by atoms with Crippen molar-refractivity contribution < 1.29 is 32.9 Å². The summed E-state index contributed by atoms with van der Waals surface area (Å²) in [4.78, 5) is 0.511. The van der Waals surface area contributed by atoms with Gasteiger partial charge in [0.25, 0.3) is 0 Å². The van der Waals surface area contributed by atoms with E-state index in [4.69, 9.17) is 9.47 Å². The van der Waals surface area contributed by atoms with Gasteiger partial charge in [0.15, 0.2) is 5.79 Å². The van der Waals surface area contributed by atoms with Crippen LogP contribution in [0.4, 0.5) is 13.2 Å². The monoisotopic (exact) mass is 588 g/mol. The summed E-state index contributed by atoms with van der Waals surface area (Å²) in [5, 5.41) is 23.9. The lowest BCUT2D eigenvalue weighted by Gasteiger charge is -2.58. The van der Waals surface area contributed by atoms with Crippen molar-refractivity contribution in [2.75, 3.05) is 13.2 Å². The average molecular weight is 590 g/mol. The predicted molar refractivity (Wildman–Crippen MR) is 137 cm³/mol. The highest BCUT2D eigenvalue weighted by atomic mass is 79.9. The summed E-state index contributed by atoms with van der Waals surface area (Å²) in [5.41, 5.74) is -0.473. The Morgan fingerprint density at radius 3 is 2.32 bits per heavy atom. The van der Waals surface area contributed by atoms with Crippen molar-refractivity contribution in [2.45, 2.75) is 112 Å². The van der Waals surface area contributed by atoms with E-state index >= 15 is 0 Å². The van der Waals surface area contributed by atoms with Crippen LogP contribution in [0.1, 0.15) is 84.0 Å². The van der Waals surface area contributed by atoms with Crippen molar-refractivity contribution >= 4 is 15.9 Å². The van der Waals surface area contributed by atoms with E-state index in [0.717, 1.165) is 51.0 Å². The second-order valence-corrected chi connectivity index (χ2v) is 14.4. The molecule has 6 rings (SSSR count). The molecule has 0 radical (unpaired) electrons. The van der Waals surface area contributed by atoms with E-state index in [1.807, 2.05) is 6.92 Å². The van der Waals surface area contributed by atoms with Gasteiger partial charge >= 0.3 is 6.18 Å². The van der Waals surface area contributed by atoms with Gasteiger partial charge in [0, 0.05) is 29.2 Å². The Kier molecular flexibility index (Phi) is 6.55. The number of aliphatic hydroxyl groups is 2. The second kappa shape index (κ2) is 9.05. The van der Waals surface area contributed by atoms with Gasteiger partial charge in [0.2, 0.25) is 0 Å². The summed E-state index contributed by atoms with van der Waals surface area (Å²) in [6.07, 6.45) is 6.30. The maximum atomic E-state index is 13.2.